The molecule has 0 spiro atoms. The van der Waals surface area contributed by atoms with Crippen molar-refractivity contribution in [3.63, 3.8) is 0 Å². The van der Waals surface area contributed by atoms with Gasteiger partial charge in [-0.05, 0) is 44.5 Å². The van der Waals surface area contributed by atoms with Crippen LogP contribution in [0.4, 0.5) is 0 Å². The highest BCUT2D eigenvalue weighted by molar-refractivity contribution is 7.89. The van der Waals surface area contributed by atoms with E-state index in [2.05, 4.69) is 5.32 Å². The van der Waals surface area contributed by atoms with Crippen LogP contribution < -0.4 is 5.32 Å². The van der Waals surface area contributed by atoms with E-state index in [1.807, 2.05) is 31.2 Å². The SMILES string of the molecule is CCCN(C1CCNCC1)S(=O)(=O)c1ccc(Cl)c2ccccc12.Cl. The predicted molar refractivity (Wildman–Crippen MR) is 106 cm³/mol. The standard InChI is InChI=1S/C18H23ClN2O2S.ClH/c1-2-13-21(14-9-11-20-12-10-14)24(22,23)18-8-7-17(19)15-5-3-4-6-16(15)18;/h3-8,14,20H,2,9-13H2,1H3;1H. The Kier molecular flexibility index (Phi) is 7.11. The smallest absolute Gasteiger partial charge is 0.243 e. The average molecular weight is 403 g/mol. The summed E-state index contributed by atoms with van der Waals surface area (Å²) in [5.74, 6) is 0. The molecule has 0 atom stereocenters. The summed E-state index contributed by atoms with van der Waals surface area (Å²) in [5.41, 5.74) is 0. The van der Waals surface area contributed by atoms with Gasteiger partial charge in [-0.1, -0.05) is 42.8 Å². The Balaban J connectivity index is 0.00000225. The van der Waals surface area contributed by atoms with Crippen LogP contribution >= 0.6 is 24.0 Å². The van der Waals surface area contributed by atoms with Crippen LogP contribution in [0, 0.1) is 0 Å². The van der Waals surface area contributed by atoms with Crippen LogP contribution in [0.3, 0.4) is 0 Å². The molecule has 1 N–H and O–H groups in total. The Labute approximate surface area is 161 Å². The van der Waals surface area contributed by atoms with Crippen molar-refractivity contribution in [3.8, 4) is 0 Å². The van der Waals surface area contributed by atoms with Gasteiger partial charge in [0.05, 0.1) is 4.90 Å². The zero-order chi connectivity index (χ0) is 17.2. The highest BCUT2D eigenvalue weighted by atomic mass is 35.5. The third kappa shape index (κ3) is 4.12. The van der Waals surface area contributed by atoms with Crippen LogP contribution in [0.5, 0.6) is 0 Å². The summed E-state index contributed by atoms with van der Waals surface area (Å²) in [4.78, 5) is 0.356. The number of fused-ring (bicyclic) bond motifs is 1. The Morgan fingerprint density at radius 1 is 1.12 bits per heavy atom. The lowest BCUT2D eigenvalue weighted by Gasteiger charge is -2.33. The van der Waals surface area contributed by atoms with Gasteiger partial charge in [-0.3, -0.25) is 0 Å². The van der Waals surface area contributed by atoms with Crippen molar-refractivity contribution in [1.82, 2.24) is 9.62 Å². The highest BCUT2D eigenvalue weighted by Gasteiger charge is 2.32. The van der Waals surface area contributed by atoms with E-state index in [0.717, 1.165) is 37.7 Å². The van der Waals surface area contributed by atoms with Gasteiger partial charge in [-0.15, -0.1) is 12.4 Å². The lowest BCUT2D eigenvalue weighted by molar-refractivity contribution is 0.262. The molecule has 1 aliphatic heterocycles. The van der Waals surface area contributed by atoms with Crippen molar-refractivity contribution in [2.24, 2.45) is 0 Å². The van der Waals surface area contributed by atoms with Crippen molar-refractivity contribution in [2.45, 2.75) is 37.1 Å². The number of sulfonamides is 1. The monoisotopic (exact) mass is 402 g/mol. The van der Waals surface area contributed by atoms with Crippen LogP contribution in [0.2, 0.25) is 5.02 Å². The number of hydrogen-bond acceptors (Lipinski definition) is 3. The van der Waals surface area contributed by atoms with Crippen LogP contribution in [0.15, 0.2) is 41.3 Å². The summed E-state index contributed by atoms with van der Waals surface area (Å²) in [6.45, 7) is 4.29. The molecular formula is C18H24Cl2N2O2S. The van der Waals surface area contributed by atoms with Crippen molar-refractivity contribution >= 4 is 44.8 Å². The van der Waals surface area contributed by atoms with Crippen LogP contribution in [-0.4, -0.2) is 38.4 Å². The van der Waals surface area contributed by atoms with Crippen molar-refractivity contribution < 1.29 is 8.42 Å². The van der Waals surface area contributed by atoms with Gasteiger partial charge in [0.1, 0.15) is 0 Å². The second-order valence-corrected chi connectivity index (χ2v) is 8.45. The predicted octanol–water partition coefficient (Wildman–Crippen LogP) is 4.07. The molecule has 0 amide bonds. The number of piperidine rings is 1. The molecule has 0 saturated carbocycles. The molecule has 7 heteroatoms. The Hall–Kier alpha value is -0.850. The maximum atomic E-state index is 13.4. The fraction of sp³-hybridized carbons (Fsp3) is 0.444. The number of nitrogens with zero attached hydrogens (tertiary/aromatic N) is 1. The maximum absolute atomic E-state index is 13.4. The molecule has 2 aromatic carbocycles. The Morgan fingerprint density at radius 3 is 2.40 bits per heavy atom. The zero-order valence-electron chi connectivity index (χ0n) is 14.2. The summed E-state index contributed by atoms with van der Waals surface area (Å²) in [7, 11) is -3.56. The van der Waals surface area contributed by atoms with E-state index in [1.54, 1.807) is 16.4 Å². The summed E-state index contributed by atoms with van der Waals surface area (Å²) in [6, 6.07) is 10.8. The molecule has 0 unspecified atom stereocenters. The lowest BCUT2D eigenvalue weighted by Crippen LogP contribution is -2.46. The average Bonchev–Trinajstić information content (AvgIpc) is 2.60. The molecule has 1 fully saturated rings. The van der Waals surface area contributed by atoms with E-state index in [-0.39, 0.29) is 18.4 Å². The normalized spacial score (nSPS) is 16.1. The molecule has 0 aromatic heterocycles. The second kappa shape index (κ2) is 8.69. The minimum atomic E-state index is -3.56. The first-order valence-corrected chi connectivity index (χ1v) is 10.3. The number of rotatable bonds is 5. The fourth-order valence-corrected chi connectivity index (χ4v) is 5.60. The molecule has 138 valence electrons. The molecule has 4 nitrogen and oxygen atoms in total. The molecule has 0 radical (unpaired) electrons. The number of hydrogen-bond donors (Lipinski definition) is 1. The molecule has 1 saturated heterocycles. The summed E-state index contributed by atoms with van der Waals surface area (Å²) < 4.78 is 28.5. The third-order valence-corrected chi connectivity index (χ3v) is 6.92. The number of nitrogens with one attached hydrogen (secondary N) is 1. The van der Waals surface area contributed by atoms with E-state index in [4.69, 9.17) is 11.6 Å². The van der Waals surface area contributed by atoms with Crippen molar-refractivity contribution in [3.05, 3.63) is 41.4 Å². The van der Waals surface area contributed by atoms with Gasteiger partial charge in [0.25, 0.3) is 0 Å². The number of halogens is 2. The van der Waals surface area contributed by atoms with Crippen LogP contribution in [-0.2, 0) is 10.0 Å². The Morgan fingerprint density at radius 2 is 1.76 bits per heavy atom. The Bertz CT molecular complexity index is 821. The van der Waals surface area contributed by atoms with Gasteiger partial charge < -0.3 is 5.32 Å². The van der Waals surface area contributed by atoms with Crippen molar-refractivity contribution in [1.29, 1.82) is 0 Å². The minimum absolute atomic E-state index is 0. The van der Waals surface area contributed by atoms with E-state index >= 15 is 0 Å². The van der Waals surface area contributed by atoms with E-state index in [1.165, 1.54) is 0 Å². The zero-order valence-corrected chi connectivity index (χ0v) is 16.6. The first-order valence-electron chi connectivity index (χ1n) is 8.45. The summed E-state index contributed by atoms with van der Waals surface area (Å²) >= 11 is 6.25. The third-order valence-electron chi connectivity index (χ3n) is 4.58. The van der Waals surface area contributed by atoms with Crippen molar-refractivity contribution in [2.75, 3.05) is 19.6 Å². The first-order chi connectivity index (χ1) is 11.6. The first kappa shape index (κ1) is 20.5. The second-order valence-electron chi connectivity index (χ2n) is 6.19. The molecule has 0 aliphatic carbocycles. The van der Waals surface area contributed by atoms with Gasteiger partial charge in [0, 0.05) is 28.4 Å². The maximum Gasteiger partial charge on any atom is 0.243 e. The van der Waals surface area contributed by atoms with Gasteiger partial charge in [0.2, 0.25) is 10.0 Å². The van der Waals surface area contributed by atoms with Gasteiger partial charge in [-0.25, -0.2) is 8.42 Å². The van der Waals surface area contributed by atoms with Gasteiger partial charge in [-0.2, -0.15) is 4.31 Å². The van der Waals surface area contributed by atoms with E-state index in [0.29, 0.717) is 21.8 Å². The largest absolute Gasteiger partial charge is 0.317 e. The molecular weight excluding hydrogens is 379 g/mol. The minimum Gasteiger partial charge on any atom is -0.317 e. The summed E-state index contributed by atoms with van der Waals surface area (Å²) in [5, 5.41) is 5.35. The molecule has 25 heavy (non-hydrogen) atoms. The summed E-state index contributed by atoms with van der Waals surface area (Å²) in [6.07, 6.45) is 2.50. The van der Waals surface area contributed by atoms with Gasteiger partial charge >= 0.3 is 0 Å². The molecule has 3 rings (SSSR count). The van der Waals surface area contributed by atoms with Crippen LogP contribution in [0.25, 0.3) is 10.8 Å². The van der Waals surface area contributed by atoms with Crippen LogP contribution in [0.1, 0.15) is 26.2 Å². The number of benzene rings is 2. The molecule has 1 aliphatic rings. The fourth-order valence-electron chi connectivity index (χ4n) is 3.40. The quantitative estimate of drug-likeness (QED) is 0.819. The topological polar surface area (TPSA) is 49.4 Å². The molecule has 2 aromatic rings. The highest BCUT2D eigenvalue weighted by Crippen LogP contribution is 2.32. The van der Waals surface area contributed by atoms with E-state index in [9.17, 15) is 8.42 Å². The van der Waals surface area contributed by atoms with Gasteiger partial charge in [0.15, 0.2) is 0 Å². The molecule has 0 bridgehead atoms. The molecule has 1 heterocycles. The van der Waals surface area contributed by atoms with E-state index < -0.39 is 10.0 Å². The lowest BCUT2D eigenvalue weighted by atomic mass is 10.1.